The molecule has 0 saturated heterocycles. The van der Waals surface area contributed by atoms with Crippen LogP contribution >= 0.6 is 15.9 Å². The molecule has 0 unspecified atom stereocenters. The number of rotatable bonds is 2. The lowest BCUT2D eigenvalue weighted by atomic mass is 10.2. The summed E-state index contributed by atoms with van der Waals surface area (Å²) in [7, 11) is 0. The molecule has 1 amide bonds. The van der Waals surface area contributed by atoms with Gasteiger partial charge < -0.3 is 11.1 Å². The average molecular weight is 324 g/mol. The van der Waals surface area contributed by atoms with E-state index in [9.17, 15) is 9.18 Å². The van der Waals surface area contributed by atoms with Gasteiger partial charge in [-0.2, -0.15) is 0 Å². The van der Waals surface area contributed by atoms with Crippen LogP contribution in [0, 0.1) is 12.7 Å². The van der Waals surface area contributed by atoms with E-state index in [1.54, 1.807) is 6.07 Å². The van der Waals surface area contributed by atoms with E-state index >= 15 is 0 Å². The average Bonchev–Trinajstić information content (AvgIpc) is 2.32. The van der Waals surface area contributed by atoms with Crippen molar-refractivity contribution in [3.05, 3.63) is 51.9 Å². The van der Waals surface area contributed by atoms with Gasteiger partial charge in [-0.1, -0.05) is 15.9 Å². The van der Waals surface area contributed by atoms with Crippen molar-refractivity contribution in [1.29, 1.82) is 0 Å². The lowest BCUT2D eigenvalue weighted by molar-refractivity contribution is 0.102. The second kappa shape index (κ2) is 5.36. The molecule has 0 fully saturated rings. The van der Waals surface area contributed by atoms with E-state index in [0.717, 1.165) is 11.6 Å². The lowest BCUT2D eigenvalue weighted by Gasteiger charge is -2.07. The molecular weight excluding hydrogens is 313 g/mol. The predicted molar refractivity (Wildman–Crippen MR) is 75.4 cm³/mol. The van der Waals surface area contributed by atoms with Gasteiger partial charge >= 0.3 is 0 Å². The fourth-order valence-electron chi connectivity index (χ4n) is 1.51. The zero-order chi connectivity index (χ0) is 14.0. The number of pyridine rings is 1. The van der Waals surface area contributed by atoms with E-state index in [1.807, 2.05) is 6.92 Å². The quantitative estimate of drug-likeness (QED) is 0.892. The number of hydrogen-bond donors (Lipinski definition) is 2. The summed E-state index contributed by atoms with van der Waals surface area (Å²) in [6, 6.07) is 5.62. The van der Waals surface area contributed by atoms with Gasteiger partial charge in [-0.3, -0.25) is 4.79 Å². The molecule has 4 nitrogen and oxygen atoms in total. The SMILES string of the molecule is Cc1cc(NC(=O)c2cc(F)cc(Br)c2)ncc1N. The summed E-state index contributed by atoms with van der Waals surface area (Å²) in [6.07, 6.45) is 1.46. The maximum atomic E-state index is 13.2. The number of nitrogens with zero attached hydrogens (tertiary/aromatic N) is 1. The molecule has 0 aliphatic carbocycles. The fourth-order valence-corrected chi connectivity index (χ4v) is 1.97. The van der Waals surface area contributed by atoms with Crippen molar-refractivity contribution in [2.45, 2.75) is 6.92 Å². The minimum absolute atomic E-state index is 0.211. The molecule has 0 radical (unpaired) electrons. The Morgan fingerprint density at radius 1 is 1.37 bits per heavy atom. The third kappa shape index (κ3) is 3.29. The van der Waals surface area contributed by atoms with Crippen LogP contribution in [-0.4, -0.2) is 10.9 Å². The van der Waals surface area contributed by atoms with E-state index in [1.165, 1.54) is 18.3 Å². The van der Waals surface area contributed by atoms with Gasteiger partial charge in [0.05, 0.1) is 11.9 Å². The zero-order valence-electron chi connectivity index (χ0n) is 10.1. The van der Waals surface area contributed by atoms with Gasteiger partial charge in [0.25, 0.3) is 5.91 Å². The first-order chi connectivity index (χ1) is 8.95. The highest BCUT2D eigenvalue weighted by atomic mass is 79.9. The third-order valence-electron chi connectivity index (χ3n) is 2.52. The monoisotopic (exact) mass is 323 g/mol. The first-order valence-electron chi connectivity index (χ1n) is 5.45. The Balaban J connectivity index is 2.22. The second-order valence-corrected chi connectivity index (χ2v) is 4.95. The largest absolute Gasteiger partial charge is 0.397 e. The van der Waals surface area contributed by atoms with E-state index < -0.39 is 11.7 Å². The van der Waals surface area contributed by atoms with Crippen LogP contribution in [-0.2, 0) is 0 Å². The number of amides is 1. The van der Waals surface area contributed by atoms with Crippen molar-refractivity contribution in [3.8, 4) is 0 Å². The minimum atomic E-state index is -0.485. The highest BCUT2D eigenvalue weighted by Crippen LogP contribution is 2.17. The van der Waals surface area contributed by atoms with Crippen molar-refractivity contribution >= 4 is 33.3 Å². The van der Waals surface area contributed by atoms with Crippen LogP contribution in [0.3, 0.4) is 0 Å². The highest BCUT2D eigenvalue weighted by molar-refractivity contribution is 9.10. The first-order valence-corrected chi connectivity index (χ1v) is 6.24. The van der Waals surface area contributed by atoms with Crippen molar-refractivity contribution < 1.29 is 9.18 Å². The Morgan fingerprint density at radius 2 is 2.11 bits per heavy atom. The number of aromatic nitrogens is 1. The number of anilines is 2. The number of aryl methyl sites for hydroxylation is 1. The topological polar surface area (TPSA) is 68.0 Å². The molecule has 1 heterocycles. The van der Waals surface area contributed by atoms with Gasteiger partial charge in [0.2, 0.25) is 0 Å². The van der Waals surface area contributed by atoms with Crippen molar-refractivity contribution in [2.24, 2.45) is 0 Å². The summed E-state index contributed by atoms with van der Waals surface area (Å²) in [6.45, 7) is 1.81. The van der Waals surface area contributed by atoms with Crippen LogP contribution in [0.25, 0.3) is 0 Å². The van der Waals surface area contributed by atoms with Crippen LogP contribution in [0.15, 0.2) is 34.9 Å². The molecule has 0 aliphatic rings. The number of carbonyl (C=O) groups excluding carboxylic acids is 1. The summed E-state index contributed by atoms with van der Waals surface area (Å²) in [4.78, 5) is 15.9. The molecule has 19 heavy (non-hydrogen) atoms. The standard InChI is InChI=1S/C13H11BrFN3O/c1-7-2-12(17-6-11(7)16)18-13(19)8-3-9(14)5-10(15)4-8/h2-6H,16H2,1H3,(H,17,18,19). The van der Waals surface area contributed by atoms with E-state index in [-0.39, 0.29) is 5.56 Å². The molecule has 6 heteroatoms. The van der Waals surface area contributed by atoms with E-state index in [0.29, 0.717) is 16.0 Å². The molecule has 0 saturated carbocycles. The minimum Gasteiger partial charge on any atom is -0.397 e. The van der Waals surface area contributed by atoms with Gasteiger partial charge in [-0.05, 0) is 36.8 Å². The van der Waals surface area contributed by atoms with Gasteiger partial charge in [-0.25, -0.2) is 9.37 Å². The van der Waals surface area contributed by atoms with E-state index in [4.69, 9.17) is 5.73 Å². The Kier molecular flexibility index (Phi) is 3.80. The van der Waals surface area contributed by atoms with Crippen LogP contribution < -0.4 is 11.1 Å². The van der Waals surface area contributed by atoms with Crippen LogP contribution in [0.4, 0.5) is 15.9 Å². The van der Waals surface area contributed by atoms with Gasteiger partial charge in [0, 0.05) is 10.0 Å². The van der Waals surface area contributed by atoms with E-state index in [2.05, 4.69) is 26.2 Å². The number of nitrogen functional groups attached to an aromatic ring is 1. The molecule has 0 aliphatic heterocycles. The molecule has 2 aromatic rings. The first kappa shape index (κ1) is 13.5. The normalized spacial score (nSPS) is 10.3. The number of hydrogen-bond acceptors (Lipinski definition) is 3. The smallest absolute Gasteiger partial charge is 0.256 e. The van der Waals surface area contributed by atoms with Crippen LogP contribution in [0.2, 0.25) is 0 Å². The molecule has 0 bridgehead atoms. The number of halogens is 2. The Labute approximate surface area is 118 Å². The maximum absolute atomic E-state index is 13.2. The third-order valence-corrected chi connectivity index (χ3v) is 2.98. The number of carbonyl (C=O) groups is 1. The predicted octanol–water partition coefficient (Wildman–Crippen LogP) is 3.13. The zero-order valence-corrected chi connectivity index (χ0v) is 11.7. The lowest BCUT2D eigenvalue weighted by Crippen LogP contribution is -2.13. The highest BCUT2D eigenvalue weighted by Gasteiger charge is 2.10. The van der Waals surface area contributed by atoms with Gasteiger partial charge in [-0.15, -0.1) is 0 Å². The number of nitrogens with one attached hydrogen (secondary N) is 1. The summed E-state index contributed by atoms with van der Waals surface area (Å²) in [5, 5.41) is 2.59. The number of nitrogens with two attached hydrogens (primary N) is 1. The van der Waals surface area contributed by atoms with Crippen LogP contribution in [0.5, 0.6) is 0 Å². The maximum Gasteiger partial charge on any atom is 0.256 e. The molecule has 1 aromatic heterocycles. The Bertz CT molecular complexity index is 626. The molecule has 0 atom stereocenters. The van der Waals surface area contributed by atoms with Gasteiger partial charge in [0.1, 0.15) is 11.6 Å². The summed E-state index contributed by atoms with van der Waals surface area (Å²) in [5.41, 5.74) is 7.21. The number of benzene rings is 1. The Hall–Kier alpha value is -1.95. The summed E-state index contributed by atoms with van der Waals surface area (Å²) >= 11 is 3.14. The van der Waals surface area contributed by atoms with Crippen molar-refractivity contribution in [1.82, 2.24) is 4.98 Å². The molecule has 0 spiro atoms. The molecule has 98 valence electrons. The molecular formula is C13H11BrFN3O. The summed E-state index contributed by atoms with van der Waals surface area (Å²) in [5.74, 6) is -0.546. The van der Waals surface area contributed by atoms with Crippen LogP contribution in [0.1, 0.15) is 15.9 Å². The molecule has 2 rings (SSSR count). The second-order valence-electron chi connectivity index (χ2n) is 4.04. The fraction of sp³-hybridized carbons (Fsp3) is 0.0769. The molecule has 1 aromatic carbocycles. The molecule has 3 N–H and O–H groups in total. The summed E-state index contributed by atoms with van der Waals surface area (Å²) < 4.78 is 13.7. The van der Waals surface area contributed by atoms with Gasteiger partial charge in [0.15, 0.2) is 0 Å². The van der Waals surface area contributed by atoms with Crippen molar-refractivity contribution in [2.75, 3.05) is 11.1 Å². The Morgan fingerprint density at radius 3 is 2.74 bits per heavy atom. The van der Waals surface area contributed by atoms with Crippen molar-refractivity contribution in [3.63, 3.8) is 0 Å².